The van der Waals surface area contributed by atoms with E-state index in [0.29, 0.717) is 0 Å². The molecule has 3 N–H and O–H groups in total. The van der Waals surface area contributed by atoms with E-state index in [-0.39, 0.29) is 11.1 Å². The number of rotatable bonds is 4. The molecule has 0 fully saturated rings. The highest BCUT2D eigenvalue weighted by molar-refractivity contribution is 5.67. The van der Waals surface area contributed by atoms with Crippen LogP contribution < -0.4 is 5.73 Å². The lowest BCUT2D eigenvalue weighted by molar-refractivity contribution is -0.137. The number of carboxylic acid groups (broad SMARTS) is 1. The molecule has 2 unspecified atom stereocenters. The van der Waals surface area contributed by atoms with Crippen LogP contribution in [-0.4, -0.2) is 11.1 Å². The summed E-state index contributed by atoms with van der Waals surface area (Å²) in [4.78, 5) is 10.4. The van der Waals surface area contributed by atoms with Gasteiger partial charge in [-0.1, -0.05) is 0 Å². The molecule has 0 saturated heterocycles. The molecule has 6 heteroatoms. The summed E-state index contributed by atoms with van der Waals surface area (Å²) in [5, 5.41) is 8.51. The number of carbonyl (C=O) groups is 1. The largest absolute Gasteiger partial charge is 0.481 e. The SMILES string of the molecule is CC(F)c1cc(F)c(F)c(C(N)CC(=O)O)c1. The van der Waals surface area contributed by atoms with Crippen molar-refractivity contribution in [3.05, 3.63) is 34.9 Å². The number of hydrogen-bond acceptors (Lipinski definition) is 2. The van der Waals surface area contributed by atoms with Gasteiger partial charge in [-0.2, -0.15) is 0 Å². The van der Waals surface area contributed by atoms with Gasteiger partial charge in [0, 0.05) is 11.6 Å². The lowest BCUT2D eigenvalue weighted by atomic mass is 9.99. The van der Waals surface area contributed by atoms with Crippen LogP contribution in [0.4, 0.5) is 13.2 Å². The molecule has 94 valence electrons. The first-order chi connectivity index (χ1) is 7.82. The molecule has 0 aliphatic rings. The van der Waals surface area contributed by atoms with E-state index in [1.54, 1.807) is 0 Å². The summed E-state index contributed by atoms with van der Waals surface area (Å²) in [6, 6.07) is 0.578. The Bertz CT molecular complexity index is 435. The number of halogens is 3. The normalized spacial score (nSPS) is 14.4. The van der Waals surface area contributed by atoms with Crippen molar-refractivity contribution in [2.45, 2.75) is 25.6 Å². The predicted molar refractivity (Wildman–Crippen MR) is 55.1 cm³/mol. The summed E-state index contributed by atoms with van der Waals surface area (Å²) in [6.45, 7) is 1.17. The van der Waals surface area contributed by atoms with Crippen molar-refractivity contribution >= 4 is 5.97 Å². The van der Waals surface area contributed by atoms with Crippen LogP contribution in [0.15, 0.2) is 12.1 Å². The van der Waals surface area contributed by atoms with Crippen LogP contribution in [0.5, 0.6) is 0 Å². The number of carboxylic acids is 1. The third kappa shape index (κ3) is 3.20. The molecule has 0 aliphatic heterocycles. The standard InChI is InChI=1S/C11H12F3NO2/c1-5(12)6-2-7(9(15)4-10(16)17)11(14)8(13)3-6/h2-3,5,9H,4,15H2,1H3,(H,16,17). The summed E-state index contributed by atoms with van der Waals surface area (Å²) in [5.41, 5.74) is 5.03. The van der Waals surface area contributed by atoms with Crippen molar-refractivity contribution in [1.82, 2.24) is 0 Å². The molecule has 0 spiro atoms. The van der Waals surface area contributed by atoms with Gasteiger partial charge in [-0.3, -0.25) is 4.79 Å². The van der Waals surface area contributed by atoms with E-state index in [1.807, 2.05) is 0 Å². The highest BCUT2D eigenvalue weighted by atomic mass is 19.2. The minimum Gasteiger partial charge on any atom is -0.481 e. The molecule has 1 aromatic rings. The molecular weight excluding hydrogens is 235 g/mol. The van der Waals surface area contributed by atoms with Gasteiger partial charge in [0.2, 0.25) is 0 Å². The maximum atomic E-state index is 13.4. The molecule has 0 aromatic heterocycles. The first-order valence-corrected chi connectivity index (χ1v) is 4.93. The fourth-order valence-electron chi connectivity index (χ4n) is 1.43. The summed E-state index contributed by atoms with van der Waals surface area (Å²) in [6.07, 6.45) is -2.04. The van der Waals surface area contributed by atoms with Gasteiger partial charge in [0.25, 0.3) is 0 Å². The Morgan fingerprint density at radius 3 is 2.53 bits per heavy atom. The van der Waals surface area contributed by atoms with Gasteiger partial charge in [-0.05, 0) is 24.6 Å². The third-order valence-corrected chi connectivity index (χ3v) is 2.33. The number of nitrogens with two attached hydrogens (primary N) is 1. The Morgan fingerprint density at radius 1 is 1.47 bits per heavy atom. The minimum atomic E-state index is -1.49. The number of benzene rings is 1. The van der Waals surface area contributed by atoms with E-state index in [9.17, 15) is 18.0 Å². The zero-order valence-electron chi connectivity index (χ0n) is 9.08. The maximum Gasteiger partial charge on any atom is 0.305 e. The molecule has 3 nitrogen and oxygen atoms in total. The van der Waals surface area contributed by atoms with Gasteiger partial charge in [-0.15, -0.1) is 0 Å². The van der Waals surface area contributed by atoms with Crippen LogP contribution in [-0.2, 0) is 4.79 Å². The van der Waals surface area contributed by atoms with E-state index in [1.165, 1.54) is 6.92 Å². The van der Waals surface area contributed by atoms with E-state index >= 15 is 0 Å². The van der Waals surface area contributed by atoms with Gasteiger partial charge in [0.1, 0.15) is 6.17 Å². The molecule has 0 bridgehead atoms. The molecule has 0 radical (unpaired) electrons. The Morgan fingerprint density at radius 2 is 2.06 bits per heavy atom. The lowest BCUT2D eigenvalue weighted by Crippen LogP contribution is -2.17. The second-order valence-corrected chi connectivity index (χ2v) is 3.73. The Balaban J connectivity index is 3.17. The van der Waals surface area contributed by atoms with Gasteiger partial charge < -0.3 is 10.8 Å². The van der Waals surface area contributed by atoms with E-state index < -0.39 is 36.2 Å². The van der Waals surface area contributed by atoms with Gasteiger partial charge in [-0.25, -0.2) is 13.2 Å². The second kappa shape index (κ2) is 5.18. The van der Waals surface area contributed by atoms with Gasteiger partial charge in [0.05, 0.1) is 6.42 Å². The molecule has 2 atom stereocenters. The van der Waals surface area contributed by atoms with Crippen molar-refractivity contribution in [3.8, 4) is 0 Å². The van der Waals surface area contributed by atoms with E-state index in [4.69, 9.17) is 10.8 Å². The predicted octanol–water partition coefficient (Wildman–Crippen LogP) is 2.47. The van der Waals surface area contributed by atoms with E-state index in [2.05, 4.69) is 0 Å². The smallest absolute Gasteiger partial charge is 0.305 e. The minimum absolute atomic E-state index is 0.0697. The van der Waals surface area contributed by atoms with Crippen LogP contribution >= 0.6 is 0 Å². The third-order valence-electron chi connectivity index (χ3n) is 2.33. The highest BCUT2D eigenvalue weighted by Gasteiger charge is 2.20. The number of alkyl halides is 1. The monoisotopic (exact) mass is 247 g/mol. The Hall–Kier alpha value is -1.56. The topological polar surface area (TPSA) is 63.3 Å². The van der Waals surface area contributed by atoms with Crippen LogP contribution in [0, 0.1) is 11.6 Å². The van der Waals surface area contributed by atoms with Crippen molar-refractivity contribution in [2.24, 2.45) is 5.73 Å². The molecule has 17 heavy (non-hydrogen) atoms. The van der Waals surface area contributed by atoms with Crippen molar-refractivity contribution in [2.75, 3.05) is 0 Å². The molecule has 1 rings (SSSR count). The van der Waals surface area contributed by atoms with Crippen LogP contribution in [0.3, 0.4) is 0 Å². The highest BCUT2D eigenvalue weighted by Crippen LogP contribution is 2.26. The number of aliphatic carboxylic acids is 1. The average molecular weight is 247 g/mol. The first-order valence-electron chi connectivity index (χ1n) is 4.93. The van der Waals surface area contributed by atoms with Crippen LogP contribution in [0.25, 0.3) is 0 Å². The van der Waals surface area contributed by atoms with Crippen LogP contribution in [0.2, 0.25) is 0 Å². The zero-order chi connectivity index (χ0) is 13.2. The van der Waals surface area contributed by atoms with Crippen LogP contribution in [0.1, 0.15) is 36.7 Å². The average Bonchev–Trinajstić information content (AvgIpc) is 2.20. The first kappa shape index (κ1) is 13.5. The molecule has 1 aromatic carbocycles. The summed E-state index contributed by atoms with van der Waals surface area (Å²) < 4.78 is 39.5. The summed E-state index contributed by atoms with van der Waals surface area (Å²) >= 11 is 0. The quantitative estimate of drug-likeness (QED) is 0.859. The van der Waals surface area contributed by atoms with Crippen molar-refractivity contribution in [1.29, 1.82) is 0 Å². The molecular formula is C11H12F3NO2. The van der Waals surface area contributed by atoms with Crippen molar-refractivity contribution in [3.63, 3.8) is 0 Å². The molecule has 0 aliphatic carbocycles. The zero-order valence-corrected chi connectivity index (χ0v) is 9.08. The lowest BCUT2D eigenvalue weighted by Gasteiger charge is -2.13. The fourth-order valence-corrected chi connectivity index (χ4v) is 1.43. The Kier molecular flexibility index (Phi) is 4.11. The molecule has 0 saturated carbocycles. The summed E-state index contributed by atoms with van der Waals surface area (Å²) in [5.74, 6) is -3.71. The molecule has 0 heterocycles. The van der Waals surface area contributed by atoms with Crippen molar-refractivity contribution < 1.29 is 23.1 Å². The Labute approximate surface area is 96.0 Å². The molecule has 0 amide bonds. The fraction of sp³-hybridized carbons (Fsp3) is 0.364. The number of hydrogen-bond donors (Lipinski definition) is 2. The van der Waals surface area contributed by atoms with Gasteiger partial charge >= 0.3 is 5.97 Å². The maximum absolute atomic E-state index is 13.4. The second-order valence-electron chi connectivity index (χ2n) is 3.73. The van der Waals surface area contributed by atoms with E-state index in [0.717, 1.165) is 12.1 Å². The summed E-state index contributed by atoms with van der Waals surface area (Å²) in [7, 11) is 0. The van der Waals surface area contributed by atoms with Gasteiger partial charge in [0.15, 0.2) is 11.6 Å².